The molecule has 3 N–H and O–H groups in total. The van der Waals surface area contributed by atoms with Crippen molar-refractivity contribution in [2.75, 3.05) is 80.1 Å². The molecule has 5 aliphatic rings. The Morgan fingerprint density at radius 3 is 2.34 bits per heavy atom. The number of nitrogens with zero attached hydrogens (tertiary/aromatic N) is 10. The number of imide groups is 2. The number of ether oxygens (including phenoxy) is 1. The molecular formula is C52H57ClN13O6P. The Labute approximate surface area is 427 Å². The Morgan fingerprint density at radius 2 is 1.60 bits per heavy atom. The Kier molecular flexibility index (Phi) is 12.7. The molecule has 0 aliphatic carbocycles. The standard InChI is InChI=1S/C52H57ClN13O6P/c1-62-29-31(27-57-62)35-25-40(59-51-56-28-37(53)47(61-51)58-39-9-8-38-45(55-18-17-54-38)46(39)73(3,4)71)43(72-2)26-42(35)64-20-12-32(13-21-64)65-19-5-14-52(30-65)15-22-63(23-16-52)33-6-7-34-36(24-33)50(70)66(49(34)69)41-10-11-44(67)60-48(41)68/h6-9,17-18,24-29,32,41H,5,10-16,19-23,30H2,1-4H3,(H,60,67,68)(H2,56,58,59,61). The van der Waals surface area contributed by atoms with Crippen molar-refractivity contribution in [3.63, 3.8) is 0 Å². The van der Waals surface area contributed by atoms with Gasteiger partial charge in [-0.1, -0.05) is 11.6 Å². The fourth-order valence-corrected chi connectivity index (χ4v) is 13.2. The molecule has 3 aromatic heterocycles. The minimum Gasteiger partial charge on any atom is -0.494 e. The molecule has 8 heterocycles. The van der Waals surface area contributed by atoms with E-state index in [9.17, 15) is 23.7 Å². The Balaban J connectivity index is 0.763. The molecule has 4 saturated heterocycles. The molecule has 3 aromatic carbocycles. The summed E-state index contributed by atoms with van der Waals surface area (Å²) in [6, 6.07) is 12.7. The van der Waals surface area contributed by atoms with Gasteiger partial charge < -0.3 is 29.7 Å². The van der Waals surface area contributed by atoms with Crippen LogP contribution in [-0.2, 0) is 21.2 Å². The maximum Gasteiger partial charge on any atom is 0.262 e. The summed E-state index contributed by atoms with van der Waals surface area (Å²) in [5.74, 6) is -0.756. The number of piperidine rings is 4. The molecule has 6 aromatic rings. The van der Waals surface area contributed by atoms with Gasteiger partial charge >= 0.3 is 0 Å². The summed E-state index contributed by atoms with van der Waals surface area (Å²) < 4.78 is 21.5. The third kappa shape index (κ3) is 9.27. The first-order valence-corrected chi connectivity index (χ1v) is 27.8. The number of aryl methyl sites for hydroxylation is 1. The van der Waals surface area contributed by atoms with Gasteiger partial charge in [0, 0.05) is 99.4 Å². The second-order valence-corrected chi connectivity index (χ2v) is 23.9. The van der Waals surface area contributed by atoms with E-state index in [1.807, 2.05) is 37.6 Å². The molecule has 11 rings (SSSR count). The lowest BCUT2D eigenvalue weighted by atomic mass is 9.72. The number of amides is 4. The lowest BCUT2D eigenvalue weighted by Crippen LogP contribution is -2.54. The van der Waals surface area contributed by atoms with Gasteiger partial charge in [0.1, 0.15) is 29.5 Å². The number of likely N-dealkylation sites (tertiary alicyclic amines) is 1. The van der Waals surface area contributed by atoms with Gasteiger partial charge in [0.25, 0.3) is 11.8 Å². The Morgan fingerprint density at radius 1 is 0.822 bits per heavy atom. The molecule has 1 spiro atoms. The van der Waals surface area contributed by atoms with Crippen LogP contribution < -0.4 is 35.8 Å². The van der Waals surface area contributed by atoms with Crippen molar-refractivity contribution in [1.29, 1.82) is 0 Å². The lowest BCUT2D eigenvalue weighted by Gasteiger charge is -2.51. The van der Waals surface area contributed by atoms with Crippen molar-refractivity contribution in [3.05, 3.63) is 89.6 Å². The number of aromatic nitrogens is 6. The number of anilines is 6. The smallest absolute Gasteiger partial charge is 0.262 e. The molecule has 1 atom stereocenters. The zero-order valence-electron chi connectivity index (χ0n) is 41.2. The third-order valence-corrected chi connectivity index (χ3v) is 17.2. The van der Waals surface area contributed by atoms with Gasteiger partial charge in [0.15, 0.2) is 5.82 Å². The minimum atomic E-state index is -2.85. The summed E-state index contributed by atoms with van der Waals surface area (Å²) in [6.07, 6.45) is 15.2. The normalized spacial score (nSPS) is 19.7. The number of methoxy groups -OCH3 is 1. The van der Waals surface area contributed by atoms with Crippen LogP contribution in [0.15, 0.2) is 73.4 Å². The monoisotopic (exact) mass is 1030 g/mol. The molecule has 0 radical (unpaired) electrons. The van der Waals surface area contributed by atoms with Crippen LogP contribution >= 0.6 is 18.7 Å². The molecule has 4 amide bonds. The van der Waals surface area contributed by atoms with E-state index >= 15 is 0 Å². The lowest BCUT2D eigenvalue weighted by molar-refractivity contribution is -0.136. The van der Waals surface area contributed by atoms with E-state index in [2.05, 4.69) is 62.8 Å². The fraction of sp³-hybridized carbons (Fsp3) is 0.404. The van der Waals surface area contributed by atoms with Crippen molar-refractivity contribution in [3.8, 4) is 16.9 Å². The molecule has 4 fully saturated rings. The summed E-state index contributed by atoms with van der Waals surface area (Å²) >= 11 is 6.69. The van der Waals surface area contributed by atoms with Crippen molar-refractivity contribution in [1.82, 2.24) is 44.8 Å². The van der Waals surface area contributed by atoms with Crippen LogP contribution in [0.1, 0.15) is 72.1 Å². The zero-order valence-corrected chi connectivity index (χ0v) is 42.9. The zero-order chi connectivity index (χ0) is 50.8. The number of halogens is 1. The highest BCUT2D eigenvalue weighted by Crippen LogP contribution is 2.46. The maximum absolute atomic E-state index is 13.6. The van der Waals surface area contributed by atoms with Crippen LogP contribution in [-0.4, -0.2) is 135 Å². The number of carbonyl (C=O) groups is 4. The minimum absolute atomic E-state index is 0.0853. The number of fused-ring (bicyclic) bond motifs is 2. The molecule has 378 valence electrons. The van der Waals surface area contributed by atoms with Crippen molar-refractivity contribution >= 4 is 93.2 Å². The van der Waals surface area contributed by atoms with E-state index in [1.165, 1.54) is 12.6 Å². The topological polar surface area (TPSA) is 213 Å². The fourth-order valence-electron chi connectivity index (χ4n) is 11.7. The maximum atomic E-state index is 13.6. The van der Waals surface area contributed by atoms with Crippen LogP contribution in [0.3, 0.4) is 0 Å². The quantitative estimate of drug-likeness (QED) is 0.0883. The average Bonchev–Trinajstić information content (AvgIpc) is 3.93. The number of hydrogen-bond acceptors (Lipinski definition) is 16. The van der Waals surface area contributed by atoms with E-state index in [0.717, 1.165) is 98.8 Å². The first-order chi connectivity index (χ1) is 35.1. The molecular weight excluding hydrogens is 969 g/mol. The molecule has 0 saturated carbocycles. The third-order valence-electron chi connectivity index (χ3n) is 15.4. The summed E-state index contributed by atoms with van der Waals surface area (Å²) in [4.78, 5) is 78.1. The van der Waals surface area contributed by atoms with Crippen molar-refractivity contribution in [2.45, 2.75) is 63.5 Å². The predicted molar refractivity (Wildman–Crippen MR) is 280 cm³/mol. The molecule has 73 heavy (non-hydrogen) atoms. The van der Waals surface area contributed by atoms with Gasteiger partial charge in [-0.05, 0) is 107 Å². The summed E-state index contributed by atoms with van der Waals surface area (Å²) in [5, 5.41) is 14.3. The van der Waals surface area contributed by atoms with Crippen LogP contribution in [0.4, 0.5) is 34.5 Å². The second kappa shape index (κ2) is 19.1. The van der Waals surface area contributed by atoms with Gasteiger partial charge in [-0.2, -0.15) is 10.1 Å². The van der Waals surface area contributed by atoms with E-state index in [0.29, 0.717) is 56.4 Å². The number of hydrogen-bond donors (Lipinski definition) is 3. The van der Waals surface area contributed by atoms with Crippen LogP contribution in [0.25, 0.3) is 22.2 Å². The molecule has 1 unspecified atom stereocenters. The highest BCUT2D eigenvalue weighted by Gasteiger charge is 2.46. The number of rotatable bonds is 11. The molecule has 21 heteroatoms. The van der Waals surface area contributed by atoms with E-state index in [-0.39, 0.29) is 29.2 Å². The Hall–Kier alpha value is -6.95. The van der Waals surface area contributed by atoms with Gasteiger partial charge in [0.2, 0.25) is 17.8 Å². The van der Waals surface area contributed by atoms with Gasteiger partial charge in [-0.25, -0.2) is 4.98 Å². The van der Waals surface area contributed by atoms with Gasteiger partial charge in [-0.15, -0.1) is 0 Å². The van der Waals surface area contributed by atoms with Crippen molar-refractivity contribution < 1.29 is 28.5 Å². The molecule has 19 nitrogen and oxygen atoms in total. The van der Waals surface area contributed by atoms with Gasteiger partial charge in [-0.3, -0.25) is 48.9 Å². The van der Waals surface area contributed by atoms with Crippen LogP contribution in [0.2, 0.25) is 5.02 Å². The molecule has 0 bridgehead atoms. The average molecular weight is 1030 g/mol. The Bertz CT molecular complexity index is 3260. The number of benzene rings is 3. The summed E-state index contributed by atoms with van der Waals surface area (Å²) in [7, 11) is 0.712. The first kappa shape index (κ1) is 48.3. The van der Waals surface area contributed by atoms with Crippen LogP contribution in [0, 0.1) is 5.41 Å². The summed E-state index contributed by atoms with van der Waals surface area (Å²) in [6.45, 7) is 8.96. The van der Waals surface area contributed by atoms with Gasteiger partial charge in [0.05, 0.1) is 52.8 Å². The van der Waals surface area contributed by atoms with E-state index in [4.69, 9.17) is 21.3 Å². The van der Waals surface area contributed by atoms with Crippen molar-refractivity contribution in [2.24, 2.45) is 12.5 Å². The largest absolute Gasteiger partial charge is 0.494 e. The van der Waals surface area contributed by atoms with E-state index in [1.54, 1.807) is 49.6 Å². The molecule has 5 aliphatic heterocycles. The number of nitrogens with one attached hydrogen (secondary N) is 3. The SMILES string of the molecule is COc1cc(N2CCC(N3CCCC4(CCN(c5ccc6c(c5)C(=O)N(C5CCC(=O)NC5=O)C6=O)CC4)C3)CC2)c(-c2cnn(C)c2)cc1Nc1ncc(Cl)c(Nc2ccc3nccnc3c2P(C)(C)=O)n1. The first-order valence-electron chi connectivity index (χ1n) is 24.8. The summed E-state index contributed by atoms with van der Waals surface area (Å²) in [5.41, 5.74) is 7.12. The number of carbonyl (C=O) groups excluding carboxylic acids is 4. The van der Waals surface area contributed by atoms with Crippen LogP contribution in [0.5, 0.6) is 5.75 Å². The predicted octanol–water partition coefficient (Wildman–Crippen LogP) is 6.97. The second-order valence-electron chi connectivity index (χ2n) is 20.3. The van der Waals surface area contributed by atoms with E-state index < -0.39 is 36.8 Å². The highest BCUT2D eigenvalue weighted by molar-refractivity contribution is 7.71. The highest BCUT2D eigenvalue weighted by atomic mass is 35.5.